The van der Waals surface area contributed by atoms with E-state index in [2.05, 4.69) is 95.5 Å². The Morgan fingerprint density at radius 3 is 1.38 bits per heavy atom. The monoisotopic (exact) mass is 559 g/mol. The normalized spacial score (nSPS) is 19.9. The summed E-state index contributed by atoms with van der Waals surface area (Å²) in [5.41, 5.74) is 4.14. The molecule has 2 fully saturated rings. The van der Waals surface area contributed by atoms with E-state index in [1.54, 1.807) is 0 Å². The van der Waals surface area contributed by atoms with Crippen LogP contribution in [0.1, 0.15) is 98.3 Å². The predicted octanol–water partition coefficient (Wildman–Crippen LogP) is 5.68. The zero-order valence-corrected chi connectivity index (χ0v) is 26.3. The second kappa shape index (κ2) is 15.5. The summed E-state index contributed by atoms with van der Waals surface area (Å²) in [5, 5.41) is 22.2. The highest BCUT2D eigenvalue weighted by Crippen LogP contribution is 2.41. The molecule has 0 aromatic heterocycles. The summed E-state index contributed by atoms with van der Waals surface area (Å²) in [6, 6.07) is 17.4. The molecule has 2 aliphatic rings. The van der Waals surface area contributed by atoms with Crippen molar-refractivity contribution < 1.29 is 15.1 Å². The average Bonchev–Trinajstić information content (AvgIpc) is 2.88. The van der Waals surface area contributed by atoms with Crippen molar-refractivity contribution in [2.24, 2.45) is 0 Å². The third-order valence-corrected chi connectivity index (χ3v) is 8.86. The number of quaternary nitrogens is 1. The molecule has 0 radical (unpaired) electrons. The predicted molar refractivity (Wildman–Crippen MR) is 167 cm³/mol. The number of nitrogens with one attached hydrogen (secondary N) is 1. The molecule has 2 aromatic carbocycles. The van der Waals surface area contributed by atoms with Gasteiger partial charge in [-0.2, -0.15) is 0 Å². The fourth-order valence-corrected chi connectivity index (χ4v) is 6.60. The molecule has 0 amide bonds. The number of nitrogens with zero attached hydrogens (tertiary/aromatic N) is 1. The summed E-state index contributed by atoms with van der Waals surface area (Å²) in [6.07, 6.45) is 11.0. The molecule has 1 unspecified atom stereocenters. The maximum atomic E-state index is 11.1. The van der Waals surface area contributed by atoms with Gasteiger partial charge >= 0.3 is 0 Å². The second-order valence-electron chi connectivity index (χ2n) is 12.9. The Kier molecular flexibility index (Phi) is 13.5. The number of benzene rings is 2. The van der Waals surface area contributed by atoms with E-state index in [9.17, 15) is 10.2 Å². The molecule has 0 spiro atoms. The molecule has 39 heavy (non-hydrogen) atoms. The fraction of sp³-hybridized carbons (Fsp3) is 0.647. The number of hydrogen-bond acceptors (Lipinski definition) is 3. The van der Waals surface area contributed by atoms with Gasteiger partial charge in [0.2, 0.25) is 0 Å². The van der Waals surface area contributed by atoms with Crippen LogP contribution < -0.4 is 4.90 Å². The van der Waals surface area contributed by atoms with Gasteiger partial charge in [-0.15, -0.1) is 12.4 Å². The van der Waals surface area contributed by atoms with Gasteiger partial charge in [0, 0.05) is 12.5 Å². The number of aliphatic hydroxyl groups is 2. The Balaban J connectivity index is 0.000000267. The van der Waals surface area contributed by atoms with Crippen LogP contribution in [0.3, 0.4) is 0 Å². The van der Waals surface area contributed by atoms with Crippen LogP contribution in [0.15, 0.2) is 48.5 Å². The molecule has 2 aromatic rings. The Morgan fingerprint density at radius 2 is 1.03 bits per heavy atom. The SMILES string of the molecule is Cc1ccc(C(CN(C)C)C2(O)CCCCC2)cc1.Cc1ccc([C@@H](C[NH+](C)C)C2(O)CCCCC2)cc1.Cl. The number of aryl methyl sites for hydroxylation is 2. The first-order valence-electron chi connectivity index (χ1n) is 15.0. The van der Waals surface area contributed by atoms with Gasteiger partial charge in [0.15, 0.2) is 0 Å². The number of likely N-dealkylation sites (N-methyl/N-ethyl adjacent to an activating group) is 2. The number of hydrogen-bond donors (Lipinski definition) is 3. The minimum Gasteiger partial charge on any atom is -0.389 e. The van der Waals surface area contributed by atoms with Crippen molar-refractivity contribution >= 4 is 12.4 Å². The lowest BCUT2D eigenvalue weighted by Gasteiger charge is -2.40. The molecule has 0 saturated heterocycles. The topological polar surface area (TPSA) is 48.1 Å². The van der Waals surface area contributed by atoms with Gasteiger partial charge in [0.1, 0.15) is 0 Å². The molecule has 0 bridgehead atoms. The maximum Gasteiger partial charge on any atom is 0.0864 e. The van der Waals surface area contributed by atoms with Crippen LogP contribution in [0, 0.1) is 13.8 Å². The first-order chi connectivity index (χ1) is 18.0. The third-order valence-electron chi connectivity index (χ3n) is 8.86. The Hall–Kier alpha value is -1.43. The molecule has 4 nitrogen and oxygen atoms in total. The van der Waals surface area contributed by atoms with Crippen molar-refractivity contribution in [3.05, 3.63) is 70.8 Å². The van der Waals surface area contributed by atoms with Crippen LogP contribution in [0.2, 0.25) is 0 Å². The van der Waals surface area contributed by atoms with Crippen molar-refractivity contribution in [2.75, 3.05) is 41.3 Å². The van der Waals surface area contributed by atoms with Gasteiger partial charge in [0.25, 0.3) is 0 Å². The van der Waals surface area contributed by atoms with E-state index in [1.807, 2.05) is 0 Å². The van der Waals surface area contributed by atoms with Crippen molar-refractivity contribution in [1.82, 2.24) is 4.90 Å². The molecular formula is C34H56ClN2O2+. The average molecular weight is 560 g/mol. The third kappa shape index (κ3) is 9.86. The minimum atomic E-state index is -0.516. The standard InChI is InChI=1S/2C17H27NO.ClH/c2*1-14-7-9-15(10-8-14)16(13-18(2)3)17(19)11-5-4-6-12-17;/h2*7-10,16,19H,4-6,11-13H2,1-3H3;1H/p+1/t16-;;/m1../s1. The molecule has 3 N–H and O–H groups in total. The first kappa shape index (κ1) is 33.8. The lowest BCUT2D eigenvalue weighted by molar-refractivity contribution is -0.860. The lowest BCUT2D eigenvalue weighted by atomic mass is 9.72. The fourth-order valence-electron chi connectivity index (χ4n) is 6.60. The maximum absolute atomic E-state index is 11.1. The van der Waals surface area contributed by atoms with Gasteiger partial charge in [-0.25, -0.2) is 0 Å². The van der Waals surface area contributed by atoms with Crippen molar-refractivity contribution in [1.29, 1.82) is 0 Å². The quantitative estimate of drug-likeness (QED) is 0.390. The number of halogens is 1. The Morgan fingerprint density at radius 1 is 0.667 bits per heavy atom. The summed E-state index contributed by atoms with van der Waals surface area (Å²) in [6.45, 7) is 6.14. The van der Waals surface area contributed by atoms with Crippen LogP contribution >= 0.6 is 12.4 Å². The highest BCUT2D eigenvalue weighted by atomic mass is 35.5. The Bertz CT molecular complexity index is 867. The molecule has 2 saturated carbocycles. The molecule has 0 aliphatic heterocycles. The lowest BCUT2D eigenvalue weighted by Crippen LogP contribution is -3.06. The van der Waals surface area contributed by atoms with Crippen molar-refractivity contribution in [3.63, 3.8) is 0 Å². The van der Waals surface area contributed by atoms with E-state index >= 15 is 0 Å². The Labute approximate surface area is 245 Å². The van der Waals surface area contributed by atoms with Crippen LogP contribution in [-0.4, -0.2) is 67.6 Å². The van der Waals surface area contributed by atoms with Gasteiger partial charge < -0.3 is 20.0 Å². The summed E-state index contributed by atoms with van der Waals surface area (Å²) in [5.74, 6) is 0.488. The van der Waals surface area contributed by atoms with Crippen molar-refractivity contribution in [3.8, 4) is 0 Å². The van der Waals surface area contributed by atoms with E-state index < -0.39 is 11.2 Å². The van der Waals surface area contributed by atoms with E-state index in [4.69, 9.17) is 0 Å². The van der Waals surface area contributed by atoms with E-state index in [0.717, 1.165) is 51.6 Å². The van der Waals surface area contributed by atoms with Crippen molar-refractivity contribution in [2.45, 2.75) is 101 Å². The van der Waals surface area contributed by atoms with Gasteiger partial charge in [-0.3, -0.25) is 0 Å². The summed E-state index contributed by atoms with van der Waals surface area (Å²) in [7, 11) is 8.53. The van der Waals surface area contributed by atoms with Crippen LogP contribution in [-0.2, 0) is 0 Å². The van der Waals surface area contributed by atoms with E-state index in [0.29, 0.717) is 0 Å². The largest absolute Gasteiger partial charge is 0.389 e. The zero-order valence-electron chi connectivity index (χ0n) is 25.5. The molecule has 4 rings (SSSR count). The van der Waals surface area contributed by atoms with Gasteiger partial charge in [-0.1, -0.05) is 98.2 Å². The van der Waals surface area contributed by atoms with Crippen LogP contribution in [0.4, 0.5) is 0 Å². The summed E-state index contributed by atoms with van der Waals surface area (Å²) in [4.78, 5) is 3.60. The molecule has 2 aliphatic carbocycles. The van der Waals surface area contributed by atoms with Crippen LogP contribution in [0.25, 0.3) is 0 Å². The molecule has 0 heterocycles. The van der Waals surface area contributed by atoms with E-state index in [-0.39, 0.29) is 24.2 Å². The minimum absolute atomic E-state index is 0. The smallest absolute Gasteiger partial charge is 0.0864 e. The van der Waals surface area contributed by atoms with Gasteiger partial charge in [0.05, 0.1) is 37.8 Å². The number of rotatable bonds is 8. The zero-order chi connectivity index (χ0) is 27.8. The van der Waals surface area contributed by atoms with Crippen LogP contribution in [0.5, 0.6) is 0 Å². The highest BCUT2D eigenvalue weighted by molar-refractivity contribution is 5.85. The molecule has 220 valence electrons. The highest BCUT2D eigenvalue weighted by Gasteiger charge is 2.40. The summed E-state index contributed by atoms with van der Waals surface area (Å²) < 4.78 is 0. The first-order valence-corrected chi connectivity index (χ1v) is 15.0. The van der Waals surface area contributed by atoms with E-state index in [1.165, 1.54) is 52.8 Å². The molecule has 2 atom stereocenters. The molecule has 5 heteroatoms. The molecular weight excluding hydrogens is 504 g/mol. The van der Waals surface area contributed by atoms with Gasteiger partial charge in [-0.05, 0) is 64.8 Å². The summed E-state index contributed by atoms with van der Waals surface area (Å²) >= 11 is 0. The second-order valence-corrected chi connectivity index (χ2v) is 12.9.